The maximum Gasteiger partial charge on any atom is 0.261 e. The second kappa shape index (κ2) is 5.53. The van der Waals surface area contributed by atoms with Gasteiger partial charge in [0.25, 0.3) is 5.89 Å². The quantitative estimate of drug-likeness (QED) is 0.745. The molecule has 3 aromatic heterocycles. The zero-order chi connectivity index (χ0) is 15.7. The number of hydrogen-bond acceptors (Lipinski definition) is 5. The molecule has 114 valence electrons. The van der Waals surface area contributed by atoms with Crippen molar-refractivity contribution < 1.29 is 4.52 Å². The molecular formula is C15H16ClN5O. The van der Waals surface area contributed by atoms with Crippen molar-refractivity contribution in [2.24, 2.45) is 5.92 Å². The van der Waals surface area contributed by atoms with Crippen LogP contribution >= 0.6 is 11.6 Å². The van der Waals surface area contributed by atoms with Gasteiger partial charge in [-0.15, -0.1) is 0 Å². The Morgan fingerprint density at radius 3 is 2.68 bits per heavy atom. The maximum atomic E-state index is 5.89. The number of aromatic nitrogens is 5. The van der Waals surface area contributed by atoms with Crippen LogP contribution in [0, 0.1) is 5.92 Å². The van der Waals surface area contributed by atoms with Crippen LogP contribution in [0.25, 0.3) is 11.5 Å². The molecule has 0 amide bonds. The Morgan fingerprint density at radius 1 is 1.27 bits per heavy atom. The lowest BCUT2D eigenvalue weighted by atomic mass is 9.73. The standard InChI is InChI=1S/C15H16ClN5O/c1-9(2)15(3,11-4-5-12(16)17-8-11)14-20-13(22-21-14)10-6-18-19-7-10/h4-9H,1-3H3,(H,18,19). The number of nitrogens with zero attached hydrogens (tertiary/aromatic N) is 4. The Labute approximate surface area is 132 Å². The van der Waals surface area contributed by atoms with Crippen LogP contribution in [0.3, 0.4) is 0 Å². The topological polar surface area (TPSA) is 80.5 Å². The first-order valence-electron chi connectivity index (χ1n) is 6.97. The number of pyridine rings is 1. The van der Waals surface area contributed by atoms with Gasteiger partial charge in [-0.3, -0.25) is 5.10 Å². The fraction of sp³-hybridized carbons (Fsp3) is 0.333. The second-order valence-electron chi connectivity index (χ2n) is 5.64. The van der Waals surface area contributed by atoms with Crippen molar-refractivity contribution in [1.82, 2.24) is 25.3 Å². The molecule has 0 aliphatic heterocycles. The first-order chi connectivity index (χ1) is 10.5. The summed E-state index contributed by atoms with van der Waals surface area (Å²) in [6.45, 7) is 6.30. The van der Waals surface area contributed by atoms with Crippen LogP contribution in [0.4, 0.5) is 0 Å². The highest BCUT2D eigenvalue weighted by molar-refractivity contribution is 6.29. The van der Waals surface area contributed by atoms with Gasteiger partial charge in [-0.25, -0.2) is 4.98 Å². The summed E-state index contributed by atoms with van der Waals surface area (Å²) in [5.41, 5.74) is 1.33. The molecule has 0 aliphatic carbocycles. The average Bonchev–Trinajstić information content (AvgIpc) is 3.18. The van der Waals surface area contributed by atoms with Crippen molar-refractivity contribution in [3.63, 3.8) is 0 Å². The summed E-state index contributed by atoms with van der Waals surface area (Å²) in [4.78, 5) is 8.72. The minimum absolute atomic E-state index is 0.241. The smallest absolute Gasteiger partial charge is 0.261 e. The van der Waals surface area contributed by atoms with Crippen LogP contribution in [-0.4, -0.2) is 25.3 Å². The van der Waals surface area contributed by atoms with Gasteiger partial charge in [0.05, 0.1) is 17.2 Å². The Morgan fingerprint density at radius 2 is 2.09 bits per heavy atom. The predicted molar refractivity (Wildman–Crippen MR) is 82.4 cm³/mol. The number of rotatable bonds is 4. The zero-order valence-electron chi connectivity index (χ0n) is 12.5. The monoisotopic (exact) mass is 317 g/mol. The van der Waals surface area contributed by atoms with Gasteiger partial charge in [0.1, 0.15) is 5.15 Å². The van der Waals surface area contributed by atoms with E-state index < -0.39 is 5.41 Å². The largest absolute Gasteiger partial charge is 0.334 e. The predicted octanol–water partition coefficient (Wildman–Crippen LogP) is 3.47. The van der Waals surface area contributed by atoms with Gasteiger partial charge < -0.3 is 4.52 Å². The van der Waals surface area contributed by atoms with Crippen molar-refractivity contribution in [2.75, 3.05) is 0 Å². The number of aromatic amines is 1. The van der Waals surface area contributed by atoms with Crippen LogP contribution in [0.1, 0.15) is 32.2 Å². The summed E-state index contributed by atoms with van der Waals surface area (Å²) >= 11 is 5.89. The maximum absolute atomic E-state index is 5.89. The third-order valence-corrected chi connectivity index (χ3v) is 4.34. The van der Waals surface area contributed by atoms with Crippen LogP contribution in [0.5, 0.6) is 0 Å². The number of halogens is 1. The van der Waals surface area contributed by atoms with E-state index in [0.29, 0.717) is 16.9 Å². The van der Waals surface area contributed by atoms with Crippen LogP contribution in [0.15, 0.2) is 35.2 Å². The lowest BCUT2D eigenvalue weighted by Crippen LogP contribution is -2.31. The van der Waals surface area contributed by atoms with E-state index in [9.17, 15) is 0 Å². The molecule has 0 spiro atoms. The summed E-state index contributed by atoms with van der Waals surface area (Å²) in [5.74, 6) is 1.30. The van der Waals surface area contributed by atoms with Crippen LogP contribution < -0.4 is 0 Å². The molecule has 0 saturated heterocycles. The molecular weight excluding hydrogens is 302 g/mol. The van der Waals surface area contributed by atoms with Gasteiger partial charge in [-0.2, -0.15) is 10.1 Å². The van der Waals surface area contributed by atoms with Crippen molar-refractivity contribution in [1.29, 1.82) is 0 Å². The number of hydrogen-bond donors (Lipinski definition) is 1. The van der Waals surface area contributed by atoms with E-state index in [2.05, 4.69) is 46.1 Å². The number of nitrogens with one attached hydrogen (secondary N) is 1. The fourth-order valence-corrected chi connectivity index (χ4v) is 2.43. The Bertz CT molecular complexity index is 751. The molecule has 3 heterocycles. The molecule has 22 heavy (non-hydrogen) atoms. The molecule has 0 bridgehead atoms. The van der Waals surface area contributed by atoms with Crippen molar-refractivity contribution in [3.8, 4) is 11.5 Å². The molecule has 1 atom stereocenters. The molecule has 0 aromatic carbocycles. The summed E-state index contributed by atoms with van der Waals surface area (Å²) in [7, 11) is 0. The van der Waals surface area contributed by atoms with Crippen molar-refractivity contribution >= 4 is 11.6 Å². The van der Waals surface area contributed by atoms with E-state index in [-0.39, 0.29) is 5.92 Å². The molecule has 7 heteroatoms. The van der Waals surface area contributed by atoms with E-state index in [1.54, 1.807) is 24.7 Å². The minimum Gasteiger partial charge on any atom is -0.334 e. The average molecular weight is 318 g/mol. The summed E-state index contributed by atoms with van der Waals surface area (Å²) in [5, 5.41) is 11.3. The van der Waals surface area contributed by atoms with E-state index in [1.165, 1.54) is 0 Å². The lowest BCUT2D eigenvalue weighted by molar-refractivity contribution is 0.350. The third kappa shape index (κ3) is 2.39. The molecule has 3 rings (SSSR count). The Kier molecular flexibility index (Phi) is 3.70. The zero-order valence-corrected chi connectivity index (χ0v) is 13.3. The first kappa shape index (κ1) is 14.7. The highest BCUT2D eigenvalue weighted by Gasteiger charge is 2.38. The van der Waals surface area contributed by atoms with E-state index in [4.69, 9.17) is 16.1 Å². The van der Waals surface area contributed by atoms with E-state index >= 15 is 0 Å². The number of H-pyrrole nitrogens is 1. The van der Waals surface area contributed by atoms with Crippen molar-refractivity contribution in [2.45, 2.75) is 26.2 Å². The van der Waals surface area contributed by atoms with Gasteiger partial charge in [0.2, 0.25) is 0 Å². The molecule has 6 nitrogen and oxygen atoms in total. The SMILES string of the molecule is CC(C)C(C)(c1ccc(Cl)nc1)c1noc(-c2cn[nH]c2)n1. The molecule has 3 aromatic rings. The van der Waals surface area contributed by atoms with Gasteiger partial charge in [0, 0.05) is 12.4 Å². The third-order valence-electron chi connectivity index (χ3n) is 4.12. The molecule has 0 saturated carbocycles. The van der Waals surface area contributed by atoms with Crippen molar-refractivity contribution in [3.05, 3.63) is 47.3 Å². The minimum atomic E-state index is -0.428. The fourth-order valence-electron chi connectivity index (χ4n) is 2.32. The van der Waals surface area contributed by atoms with Gasteiger partial charge >= 0.3 is 0 Å². The summed E-state index contributed by atoms with van der Waals surface area (Å²) < 4.78 is 5.38. The van der Waals surface area contributed by atoms with E-state index in [1.807, 2.05) is 6.07 Å². The van der Waals surface area contributed by atoms with E-state index in [0.717, 1.165) is 11.1 Å². The van der Waals surface area contributed by atoms with Gasteiger partial charge in [-0.1, -0.05) is 36.7 Å². The summed E-state index contributed by atoms with van der Waals surface area (Å²) in [6.07, 6.45) is 5.12. The Hall–Kier alpha value is -2.21. The molecule has 0 aliphatic rings. The molecule has 1 N–H and O–H groups in total. The van der Waals surface area contributed by atoms with Gasteiger partial charge in [-0.05, 0) is 24.5 Å². The lowest BCUT2D eigenvalue weighted by Gasteiger charge is -2.30. The molecule has 0 radical (unpaired) electrons. The summed E-state index contributed by atoms with van der Waals surface area (Å²) in [6, 6.07) is 3.72. The molecule has 1 unspecified atom stereocenters. The van der Waals surface area contributed by atoms with Crippen LogP contribution in [0.2, 0.25) is 5.15 Å². The Balaban J connectivity index is 2.06. The first-order valence-corrected chi connectivity index (χ1v) is 7.35. The van der Waals surface area contributed by atoms with Gasteiger partial charge in [0.15, 0.2) is 5.82 Å². The second-order valence-corrected chi connectivity index (χ2v) is 6.02. The van der Waals surface area contributed by atoms with Crippen LogP contribution in [-0.2, 0) is 5.41 Å². The highest BCUT2D eigenvalue weighted by Crippen LogP contribution is 2.37. The highest BCUT2D eigenvalue weighted by atomic mass is 35.5. The normalized spacial score (nSPS) is 14.2. The molecule has 0 fully saturated rings.